The third kappa shape index (κ3) is 1.93. The van der Waals surface area contributed by atoms with Crippen LogP contribution < -0.4 is 5.53 Å². The van der Waals surface area contributed by atoms with E-state index in [1.165, 1.54) is 0 Å². The van der Waals surface area contributed by atoms with Gasteiger partial charge in [-0.2, -0.15) is 0 Å². The summed E-state index contributed by atoms with van der Waals surface area (Å²) in [6.07, 6.45) is 0. The summed E-state index contributed by atoms with van der Waals surface area (Å²) in [5.41, 5.74) is 8.09. The Morgan fingerprint density at radius 3 is 2.15 bits per heavy atom. The molecule has 0 aliphatic heterocycles. The Kier molecular flexibility index (Phi) is 2.79. The second kappa shape index (κ2) is 3.68. The number of nitrogens with zero attached hydrogens (tertiary/aromatic N) is 3. The van der Waals surface area contributed by atoms with Crippen LogP contribution >= 0.6 is 23.2 Å². The van der Waals surface area contributed by atoms with Crippen molar-refractivity contribution in [2.45, 2.75) is 0 Å². The summed E-state index contributed by atoms with van der Waals surface area (Å²) in [5.74, 6) is 0. The highest BCUT2D eigenvalue weighted by Crippen LogP contribution is 2.36. The third-order valence-corrected chi connectivity index (χ3v) is 1.89. The molecule has 0 aliphatic rings. The topological polar surface area (TPSA) is 77.8 Å². The molecule has 0 saturated carbocycles. The van der Waals surface area contributed by atoms with Crippen molar-refractivity contribution in [1.82, 2.24) is 5.53 Å². The van der Waals surface area contributed by atoms with E-state index in [4.69, 9.17) is 28.7 Å². The van der Waals surface area contributed by atoms with Crippen LogP contribution in [0.15, 0.2) is 17.2 Å². The first-order valence-corrected chi connectivity index (χ1v) is 3.80. The van der Waals surface area contributed by atoms with Crippen molar-refractivity contribution >= 4 is 34.6 Å². The SMILES string of the molecule is [N]=Nc1c(Cl)cc([N+](=O)[O-])cc1Cl. The lowest BCUT2D eigenvalue weighted by Gasteiger charge is -1.98. The normalized spacial score (nSPS) is 9.69. The van der Waals surface area contributed by atoms with Gasteiger partial charge in [0.1, 0.15) is 5.69 Å². The van der Waals surface area contributed by atoms with Crippen molar-refractivity contribution in [2.24, 2.45) is 5.11 Å². The van der Waals surface area contributed by atoms with Crippen LogP contribution in [0.5, 0.6) is 0 Å². The van der Waals surface area contributed by atoms with Gasteiger partial charge in [-0.25, -0.2) is 0 Å². The molecule has 67 valence electrons. The van der Waals surface area contributed by atoms with Gasteiger partial charge in [0.2, 0.25) is 0 Å². The van der Waals surface area contributed by atoms with E-state index in [2.05, 4.69) is 5.11 Å². The van der Waals surface area contributed by atoms with Gasteiger partial charge in [-0.05, 0) is 5.53 Å². The Hall–Kier alpha value is -1.20. The maximum atomic E-state index is 10.3. The molecule has 0 heterocycles. The number of rotatable bonds is 2. The number of hydrogen-bond donors (Lipinski definition) is 0. The van der Waals surface area contributed by atoms with Crippen molar-refractivity contribution in [3.8, 4) is 0 Å². The molecule has 0 amide bonds. The van der Waals surface area contributed by atoms with E-state index < -0.39 is 4.92 Å². The average molecular weight is 219 g/mol. The van der Waals surface area contributed by atoms with Crippen molar-refractivity contribution in [1.29, 1.82) is 0 Å². The molecule has 1 aromatic rings. The summed E-state index contributed by atoms with van der Waals surface area (Å²) in [7, 11) is 0. The largest absolute Gasteiger partial charge is 0.272 e. The smallest absolute Gasteiger partial charge is 0.258 e. The van der Waals surface area contributed by atoms with Gasteiger partial charge < -0.3 is 0 Å². The molecule has 0 fully saturated rings. The second-order valence-corrected chi connectivity index (χ2v) is 2.93. The fraction of sp³-hybridized carbons (Fsp3) is 0. The van der Waals surface area contributed by atoms with E-state index in [9.17, 15) is 10.1 Å². The van der Waals surface area contributed by atoms with Crippen LogP contribution in [-0.2, 0) is 0 Å². The standard InChI is InChI=1S/C6H2Cl2N3O2/c7-4-1-3(11(12)13)2-5(8)6(4)10-9/h1-2H. The van der Waals surface area contributed by atoms with Gasteiger partial charge in [0, 0.05) is 12.1 Å². The lowest BCUT2D eigenvalue weighted by atomic mass is 10.3. The Morgan fingerprint density at radius 1 is 1.38 bits per heavy atom. The lowest BCUT2D eigenvalue weighted by molar-refractivity contribution is -0.384. The Bertz CT molecular complexity index is 357. The fourth-order valence-corrected chi connectivity index (χ4v) is 1.30. The minimum absolute atomic E-state index is 0.0679. The zero-order valence-corrected chi connectivity index (χ0v) is 7.58. The van der Waals surface area contributed by atoms with Gasteiger partial charge in [0.15, 0.2) is 0 Å². The molecule has 0 bridgehead atoms. The molecule has 5 nitrogen and oxygen atoms in total. The van der Waals surface area contributed by atoms with Gasteiger partial charge in [-0.3, -0.25) is 10.1 Å². The molecular formula is C6H2Cl2N3O2. The van der Waals surface area contributed by atoms with Crippen molar-refractivity contribution < 1.29 is 4.92 Å². The quantitative estimate of drug-likeness (QED) is 0.435. The van der Waals surface area contributed by atoms with Crippen LogP contribution in [0.2, 0.25) is 10.0 Å². The molecular weight excluding hydrogens is 217 g/mol. The van der Waals surface area contributed by atoms with Gasteiger partial charge in [-0.1, -0.05) is 23.2 Å². The van der Waals surface area contributed by atoms with Crippen LogP contribution in [0.4, 0.5) is 11.4 Å². The summed E-state index contributed by atoms with van der Waals surface area (Å²) in [6, 6.07) is 2.12. The monoisotopic (exact) mass is 218 g/mol. The number of non-ortho nitro benzene ring substituents is 1. The van der Waals surface area contributed by atoms with Crippen LogP contribution in [0.3, 0.4) is 0 Å². The van der Waals surface area contributed by atoms with Crippen molar-refractivity contribution in [3.63, 3.8) is 0 Å². The summed E-state index contributed by atoms with van der Waals surface area (Å²) in [6.45, 7) is 0. The fourth-order valence-electron chi connectivity index (χ4n) is 0.753. The van der Waals surface area contributed by atoms with Crippen LogP contribution in [0.25, 0.3) is 0 Å². The second-order valence-electron chi connectivity index (χ2n) is 2.12. The molecule has 0 aromatic heterocycles. The van der Waals surface area contributed by atoms with E-state index in [1.54, 1.807) is 0 Å². The molecule has 1 rings (SSSR count). The molecule has 0 atom stereocenters. The van der Waals surface area contributed by atoms with Gasteiger partial charge >= 0.3 is 0 Å². The summed E-state index contributed by atoms with van der Waals surface area (Å²) < 4.78 is 0. The highest BCUT2D eigenvalue weighted by molar-refractivity contribution is 6.39. The maximum Gasteiger partial charge on any atom is 0.272 e. The number of halogens is 2. The minimum atomic E-state index is -0.640. The lowest BCUT2D eigenvalue weighted by Crippen LogP contribution is -1.87. The van der Waals surface area contributed by atoms with E-state index in [0.29, 0.717) is 0 Å². The molecule has 0 unspecified atom stereocenters. The number of nitro benzene ring substituents is 1. The summed E-state index contributed by atoms with van der Waals surface area (Å²) in [5, 5.41) is 12.9. The maximum absolute atomic E-state index is 10.3. The zero-order chi connectivity index (χ0) is 10.0. The predicted molar refractivity (Wildman–Crippen MR) is 47.3 cm³/mol. The van der Waals surface area contributed by atoms with E-state index in [1.807, 2.05) is 0 Å². The third-order valence-electron chi connectivity index (χ3n) is 1.31. The molecule has 13 heavy (non-hydrogen) atoms. The number of benzene rings is 1. The van der Waals surface area contributed by atoms with Gasteiger partial charge in [-0.15, -0.1) is 5.11 Å². The van der Waals surface area contributed by atoms with Crippen molar-refractivity contribution in [3.05, 3.63) is 32.3 Å². The summed E-state index contributed by atoms with van der Waals surface area (Å²) in [4.78, 5) is 9.66. The Labute approximate surface area is 82.9 Å². The molecule has 0 saturated heterocycles. The minimum Gasteiger partial charge on any atom is -0.258 e. The van der Waals surface area contributed by atoms with Crippen LogP contribution in [0.1, 0.15) is 0 Å². The summed E-state index contributed by atoms with van der Waals surface area (Å²) >= 11 is 11.1. The Morgan fingerprint density at radius 2 is 1.85 bits per heavy atom. The molecule has 0 spiro atoms. The predicted octanol–water partition coefficient (Wildman–Crippen LogP) is 2.79. The number of hydrogen-bond acceptors (Lipinski definition) is 3. The van der Waals surface area contributed by atoms with E-state index in [0.717, 1.165) is 12.1 Å². The highest BCUT2D eigenvalue weighted by Gasteiger charge is 2.13. The van der Waals surface area contributed by atoms with Crippen LogP contribution in [-0.4, -0.2) is 4.92 Å². The average Bonchev–Trinajstić information content (AvgIpc) is 2.03. The van der Waals surface area contributed by atoms with E-state index >= 15 is 0 Å². The highest BCUT2D eigenvalue weighted by atomic mass is 35.5. The first kappa shape index (κ1) is 9.88. The van der Waals surface area contributed by atoms with E-state index in [-0.39, 0.29) is 21.4 Å². The van der Waals surface area contributed by atoms with Crippen LogP contribution in [0, 0.1) is 10.1 Å². The first-order valence-electron chi connectivity index (χ1n) is 3.05. The molecule has 0 N–H and O–H groups in total. The Balaban J connectivity index is 3.36. The molecule has 7 heteroatoms. The number of nitro groups is 1. The molecule has 1 radical (unpaired) electrons. The van der Waals surface area contributed by atoms with Gasteiger partial charge in [0.25, 0.3) is 5.69 Å². The zero-order valence-electron chi connectivity index (χ0n) is 6.07. The molecule has 1 aromatic carbocycles. The van der Waals surface area contributed by atoms with Crippen molar-refractivity contribution in [2.75, 3.05) is 0 Å². The molecule has 0 aliphatic carbocycles. The first-order chi connectivity index (χ1) is 6.06. The van der Waals surface area contributed by atoms with Gasteiger partial charge in [0.05, 0.1) is 15.0 Å².